The van der Waals surface area contributed by atoms with E-state index in [0.717, 1.165) is 0 Å². The fourth-order valence-corrected chi connectivity index (χ4v) is 2.55. The molecule has 0 aliphatic rings. The van der Waals surface area contributed by atoms with Crippen LogP contribution in [0.3, 0.4) is 0 Å². The summed E-state index contributed by atoms with van der Waals surface area (Å²) in [6, 6.07) is 9.00. The number of aliphatic hydroxyl groups excluding tert-OH is 1. The second-order valence-electron chi connectivity index (χ2n) is 4.83. The van der Waals surface area contributed by atoms with Crippen LogP contribution in [0.2, 0.25) is 0 Å². The summed E-state index contributed by atoms with van der Waals surface area (Å²) < 4.78 is 0. The third kappa shape index (κ3) is 2.44. The van der Waals surface area contributed by atoms with E-state index in [-0.39, 0.29) is 0 Å². The van der Waals surface area contributed by atoms with E-state index in [0.29, 0.717) is 24.8 Å². The van der Waals surface area contributed by atoms with Crippen LogP contribution < -0.4 is 0 Å². The molecule has 0 heterocycles. The van der Waals surface area contributed by atoms with Gasteiger partial charge in [0.1, 0.15) is 11.7 Å². The molecule has 1 aromatic rings. The zero-order valence-corrected chi connectivity index (χ0v) is 11.4. The predicted octanol–water partition coefficient (Wildman–Crippen LogP) is 2.41. The molecule has 2 unspecified atom stereocenters. The first-order chi connectivity index (χ1) is 8.45. The van der Waals surface area contributed by atoms with Gasteiger partial charge in [0, 0.05) is 0 Å². The highest BCUT2D eigenvalue weighted by Gasteiger charge is 2.50. The van der Waals surface area contributed by atoms with Crippen molar-refractivity contribution in [2.75, 3.05) is 0 Å². The largest absolute Gasteiger partial charge is 0.387 e. The van der Waals surface area contributed by atoms with Crippen molar-refractivity contribution in [1.29, 1.82) is 0 Å². The molecule has 0 amide bonds. The Morgan fingerprint density at radius 3 is 1.83 bits per heavy atom. The summed E-state index contributed by atoms with van der Waals surface area (Å²) in [5, 5.41) is 31.8. The van der Waals surface area contributed by atoms with Gasteiger partial charge >= 0.3 is 0 Å². The molecule has 102 valence electrons. The fourth-order valence-electron chi connectivity index (χ4n) is 2.55. The highest BCUT2D eigenvalue weighted by molar-refractivity contribution is 5.22. The van der Waals surface area contributed by atoms with Gasteiger partial charge in [0.05, 0.1) is 5.60 Å². The Bertz CT molecular complexity index is 359. The maximum Gasteiger partial charge on any atom is 0.123 e. The molecule has 0 fully saturated rings. The number of hydrogen-bond acceptors (Lipinski definition) is 3. The SMILES string of the molecule is CCC(O)(CC)C(O)(CC)C(O)c1ccccc1. The molecule has 3 nitrogen and oxygen atoms in total. The van der Waals surface area contributed by atoms with E-state index in [1.54, 1.807) is 19.1 Å². The van der Waals surface area contributed by atoms with Crippen LogP contribution in [0.25, 0.3) is 0 Å². The molecule has 0 aromatic heterocycles. The lowest BCUT2D eigenvalue weighted by atomic mass is 9.72. The Hall–Kier alpha value is -0.900. The van der Waals surface area contributed by atoms with Gasteiger partial charge in [0.25, 0.3) is 0 Å². The molecular weight excluding hydrogens is 228 g/mol. The lowest BCUT2D eigenvalue weighted by Gasteiger charge is -2.45. The minimum atomic E-state index is -1.53. The second-order valence-corrected chi connectivity index (χ2v) is 4.83. The van der Waals surface area contributed by atoms with Crippen molar-refractivity contribution in [2.45, 2.75) is 57.3 Å². The monoisotopic (exact) mass is 252 g/mol. The van der Waals surface area contributed by atoms with Crippen LogP contribution >= 0.6 is 0 Å². The maximum atomic E-state index is 10.8. The fraction of sp³-hybridized carbons (Fsp3) is 0.600. The van der Waals surface area contributed by atoms with Gasteiger partial charge in [-0.3, -0.25) is 0 Å². The molecule has 1 aromatic carbocycles. The molecule has 3 heteroatoms. The van der Waals surface area contributed by atoms with Crippen molar-refractivity contribution in [2.24, 2.45) is 0 Å². The van der Waals surface area contributed by atoms with Crippen molar-refractivity contribution >= 4 is 0 Å². The molecule has 0 radical (unpaired) electrons. The van der Waals surface area contributed by atoms with Crippen LogP contribution in [0, 0.1) is 0 Å². The van der Waals surface area contributed by atoms with Crippen molar-refractivity contribution in [3.05, 3.63) is 35.9 Å². The van der Waals surface area contributed by atoms with Crippen LogP contribution in [-0.2, 0) is 0 Å². The summed E-state index contributed by atoms with van der Waals surface area (Å²) in [6.07, 6.45) is 0.00470. The second kappa shape index (κ2) is 5.83. The first-order valence-corrected chi connectivity index (χ1v) is 6.63. The lowest BCUT2D eigenvalue weighted by Crippen LogP contribution is -2.57. The minimum absolute atomic E-state index is 0.293. The molecule has 0 bridgehead atoms. The van der Waals surface area contributed by atoms with E-state index >= 15 is 0 Å². The third-order valence-corrected chi connectivity index (χ3v) is 4.08. The molecule has 0 aliphatic heterocycles. The Labute approximate surface area is 109 Å². The first-order valence-electron chi connectivity index (χ1n) is 6.63. The Kier molecular flexibility index (Phi) is 4.91. The van der Waals surface area contributed by atoms with Gasteiger partial charge < -0.3 is 15.3 Å². The molecule has 18 heavy (non-hydrogen) atoms. The molecular formula is C15H24O3. The zero-order chi connectivity index (χ0) is 13.8. The van der Waals surface area contributed by atoms with Crippen molar-refractivity contribution in [3.63, 3.8) is 0 Å². The van der Waals surface area contributed by atoms with Gasteiger partial charge in [-0.2, -0.15) is 0 Å². The van der Waals surface area contributed by atoms with Gasteiger partial charge in [-0.1, -0.05) is 51.1 Å². The van der Waals surface area contributed by atoms with Gasteiger partial charge in [-0.15, -0.1) is 0 Å². The van der Waals surface area contributed by atoms with Gasteiger partial charge in [0.15, 0.2) is 0 Å². The number of hydrogen-bond donors (Lipinski definition) is 3. The van der Waals surface area contributed by atoms with Crippen LogP contribution in [0.1, 0.15) is 51.7 Å². The van der Waals surface area contributed by atoms with Gasteiger partial charge in [-0.25, -0.2) is 0 Å². The highest BCUT2D eigenvalue weighted by Crippen LogP contribution is 2.41. The molecule has 0 saturated heterocycles. The van der Waals surface area contributed by atoms with E-state index in [1.807, 2.05) is 32.0 Å². The van der Waals surface area contributed by atoms with Gasteiger partial charge in [-0.05, 0) is 24.8 Å². The molecule has 0 saturated carbocycles. The minimum Gasteiger partial charge on any atom is -0.387 e. The molecule has 0 spiro atoms. The Morgan fingerprint density at radius 2 is 1.44 bits per heavy atom. The lowest BCUT2D eigenvalue weighted by molar-refractivity contribution is -0.209. The maximum absolute atomic E-state index is 10.8. The van der Waals surface area contributed by atoms with E-state index in [9.17, 15) is 15.3 Å². The smallest absolute Gasteiger partial charge is 0.123 e. The normalized spacial score (nSPS) is 17.2. The summed E-state index contributed by atoms with van der Waals surface area (Å²) in [7, 11) is 0. The van der Waals surface area contributed by atoms with Crippen LogP contribution in [0.15, 0.2) is 30.3 Å². The predicted molar refractivity (Wildman–Crippen MR) is 72.2 cm³/mol. The first kappa shape index (κ1) is 15.2. The van der Waals surface area contributed by atoms with Crippen molar-refractivity contribution in [3.8, 4) is 0 Å². The third-order valence-electron chi connectivity index (χ3n) is 4.08. The quantitative estimate of drug-likeness (QED) is 0.728. The molecule has 0 aliphatic carbocycles. The molecule has 1 rings (SSSR count). The van der Waals surface area contributed by atoms with Gasteiger partial charge in [0.2, 0.25) is 0 Å². The summed E-state index contributed by atoms with van der Waals surface area (Å²) >= 11 is 0. The van der Waals surface area contributed by atoms with Crippen LogP contribution in [0.5, 0.6) is 0 Å². The van der Waals surface area contributed by atoms with E-state index in [4.69, 9.17) is 0 Å². The van der Waals surface area contributed by atoms with E-state index < -0.39 is 17.3 Å². The van der Waals surface area contributed by atoms with Crippen LogP contribution in [0.4, 0.5) is 0 Å². The number of benzene rings is 1. The van der Waals surface area contributed by atoms with Crippen molar-refractivity contribution in [1.82, 2.24) is 0 Å². The summed E-state index contributed by atoms with van der Waals surface area (Å²) in [4.78, 5) is 0. The number of aliphatic hydroxyl groups is 3. The van der Waals surface area contributed by atoms with E-state index in [1.165, 1.54) is 0 Å². The Morgan fingerprint density at radius 1 is 0.944 bits per heavy atom. The summed E-state index contributed by atoms with van der Waals surface area (Å²) in [5.74, 6) is 0. The zero-order valence-electron chi connectivity index (χ0n) is 11.4. The molecule has 2 atom stereocenters. The highest BCUT2D eigenvalue weighted by atomic mass is 16.4. The summed E-state index contributed by atoms with van der Waals surface area (Å²) in [6.45, 7) is 5.42. The average molecular weight is 252 g/mol. The van der Waals surface area contributed by atoms with Crippen molar-refractivity contribution < 1.29 is 15.3 Å². The Balaban J connectivity index is 3.16. The summed E-state index contributed by atoms with van der Waals surface area (Å²) in [5.41, 5.74) is -2.18. The topological polar surface area (TPSA) is 60.7 Å². The number of rotatable bonds is 6. The average Bonchev–Trinajstić information content (AvgIpc) is 2.45. The molecule has 3 N–H and O–H groups in total. The standard InChI is InChI=1S/C15H24O3/c1-4-14(17,5-2)15(18,6-3)13(16)12-10-8-7-9-11-12/h7-11,13,16-18H,4-6H2,1-3H3. The van der Waals surface area contributed by atoms with Crippen LogP contribution in [-0.4, -0.2) is 26.5 Å². The van der Waals surface area contributed by atoms with E-state index in [2.05, 4.69) is 0 Å².